The van der Waals surface area contributed by atoms with Gasteiger partial charge in [-0.2, -0.15) is 0 Å². The summed E-state index contributed by atoms with van der Waals surface area (Å²) in [5.41, 5.74) is 0.955. The third-order valence-corrected chi connectivity index (χ3v) is 1.22. The highest BCUT2D eigenvalue weighted by atomic mass is 32.2. The Morgan fingerprint density at radius 1 is 1.73 bits per heavy atom. The molecule has 0 aliphatic carbocycles. The molecule has 0 amide bonds. The van der Waals surface area contributed by atoms with E-state index >= 15 is 0 Å². The van der Waals surface area contributed by atoms with E-state index in [4.69, 9.17) is 4.18 Å². The number of rotatable bonds is 3. The maximum absolute atomic E-state index is 10.7. The molecule has 0 aromatic carbocycles. The average Bonchev–Trinajstić information content (AvgIpc) is 1.97. The summed E-state index contributed by atoms with van der Waals surface area (Å²) in [6.45, 7) is 6.12. The second-order valence-corrected chi connectivity index (χ2v) is 2.94. The van der Waals surface area contributed by atoms with Crippen molar-refractivity contribution in [1.82, 2.24) is 0 Å². The number of aliphatic imine (C=N–C) groups is 1. The molecule has 0 aliphatic rings. The number of hydrogen-bond acceptors (Lipinski definition) is 4. The maximum Gasteiger partial charge on any atom is 0.0601 e. The summed E-state index contributed by atoms with van der Waals surface area (Å²) < 4.78 is 15.5. The van der Waals surface area contributed by atoms with E-state index in [1.54, 1.807) is 0 Å². The summed E-state index contributed by atoms with van der Waals surface area (Å²) in [5.74, 6) is 0. The van der Waals surface area contributed by atoms with Crippen molar-refractivity contribution in [1.29, 1.82) is 0 Å². The normalized spacial score (nSPS) is 8.73. The second kappa shape index (κ2) is 6.01. The molecule has 0 saturated carbocycles. The van der Waals surface area contributed by atoms with Crippen LogP contribution in [-0.4, -0.2) is 11.7 Å². The minimum atomic E-state index is -1.53. The molecule has 0 unspecified atom stereocenters. The van der Waals surface area contributed by atoms with Crippen molar-refractivity contribution in [2.45, 2.75) is 20.8 Å². The lowest BCUT2D eigenvalue weighted by atomic mass is 10.4. The minimum Gasteiger partial charge on any atom is -0.558 e. The van der Waals surface area contributed by atoms with Gasteiger partial charge in [0.1, 0.15) is 0 Å². The highest BCUT2D eigenvalue weighted by molar-refractivity contribution is 7.78. The quantitative estimate of drug-likeness (QED) is 0.283. The van der Waals surface area contributed by atoms with Gasteiger partial charge in [0.25, 0.3) is 0 Å². The molecular formula is C7H12NO2S-. The van der Waals surface area contributed by atoms with Crippen LogP contribution in [0.4, 0.5) is 0 Å². The van der Waals surface area contributed by atoms with E-state index < -0.39 is 10.7 Å². The summed E-state index contributed by atoms with van der Waals surface area (Å²) in [6, 6.07) is 0. The van der Waals surface area contributed by atoms with Crippen LogP contribution in [0.1, 0.15) is 20.8 Å². The summed E-state index contributed by atoms with van der Waals surface area (Å²) in [7, 11) is -1.53. The third kappa shape index (κ3) is 7.16. The third-order valence-electron chi connectivity index (χ3n) is 0.668. The fourth-order valence-corrected chi connectivity index (χ4v) is 0.836. The van der Waals surface area contributed by atoms with Crippen molar-refractivity contribution >= 4 is 15.8 Å². The Morgan fingerprint density at radius 3 is 2.82 bits per heavy atom. The van der Waals surface area contributed by atoms with Gasteiger partial charge < -0.3 is 8.39 Å². The van der Waals surface area contributed by atoms with Crippen LogP contribution < -0.4 is 0 Å². The van der Waals surface area contributed by atoms with Gasteiger partial charge in [-0.1, -0.05) is 5.16 Å². The Morgan fingerprint density at radius 2 is 2.36 bits per heavy atom. The van der Waals surface area contributed by atoms with Gasteiger partial charge in [-0.25, -0.2) is 0 Å². The summed E-state index contributed by atoms with van der Waals surface area (Å²) in [6.07, 6.45) is 1.42. The van der Waals surface area contributed by atoms with Crippen molar-refractivity contribution in [3.05, 3.63) is 11.8 Å². The highest BCUT2D eigenvalue weighted by Crippen LogP contribution is 1.88. The Labute approximate surface area is 69.0 Å². The number of hydrogen-bond donors (Lipinski definition) is 0. The molecule has 0 spiro atoms. The first-order chi connectivity index (χ1) is 5.16. The van der Waals surface area contributed by atoms with Gasteiger partial charge in [-0.15, -0.1) is 0 Å². The smallest absolute Gasteiger partial charge is 0.0601 e. The molecule has 0 saturated heterocycles. The largest absolute Gasteiger partial charge is 0.558 e. The standard InChI is InChI=1S/C7H12NO2S/c1-4-8-6-11(9)10-5-7(2)3/h5H,4H2,1-3H3/q-1. The zero-order valence-corrected chi connectivity index (χ0v) is 7.77. The van der Waals surface area contributed by atoms with E-state index in [9.17, 15) is 4.21 Å². The minimum absolute atomic E-state index is 0.573. The summed E-state index contributed by atoms with van der Waals surface area (Å²) in [4.78, 5) is 3.65. The fourth-order valence-electron chi connectivity index (χ4n) is 0.279. The molecule has 11 heavy (non-hydrogen) atoms. The molecule has 0 rings (SSSR count). The topological polar surface area (TPSA) is 38.7 Å². The molecule has 3 nitrogen and oxygen atoms in total. The Kier molecular flexibility index (Phi) is 5.61. The molecule has 0 atom stereocenters. The molecular weight excluding hydrogens is 162 g/mol. The Hall–Kier alpha value is -0.730. The van der Waals surface area contributed by atoms with Gasteiger partial charge >= 0.3 is 0 Å². The molecule has 0 aromatic heterocycles. The van der Waals surface area contributed by atoms with E-state index in [1.807, 2.05) is 20.8 Å². The molecule has 0 fully saturated rings. The molecule has 0 aromatic rings. The van der Waals surface area contributed by atoms with E-state index in [0.29, 0.717) is 6.54 Å². The lowest BCUT2D eigenvalue weighted by Gasteiger charge is -1.99. The fraction of sp³-hybridized carbons (Fsp3) is 0.571. The van der Waals surface area contributed by atoms with Crippen LogP contribution in [0.5, 0.6) is 0 Å². The zero-order chi connectivity index (χ0) is 8.69. The lowest BCUT2D eigenvalue weighted by molar-refractivity contribution is 0.489. The van der Waals surface area contributed by atoms with Crippen molar-refractivity contribution in [2.24, 2.45) is 4.99 Å². The van der Waals surface area contributed by atoms with Crippen LogP contribution in [0.2, 0.25) is 0 Å². The number of isothiocyanates is 1. The maximum atomic E-state index is 10.7. The van der Waals surface area contributed by atoms with E-state index in [0.717, 1.165) is 5.57 Å². The monoisotopic (exact) mass is 174 g/mol. The van der Waals surface area contributed by atoms with Crippen LogP contribution in [-0.2, 0) is 19.1 Å². The first kappa shape index (κ1) is 10.3. The van der Waals surface area contributed by atoms with Crippen molar-refractivity contribution in [2.75, 3.05) is 6.54 Å². The predicted molar refractivity (Wildman–Crippen MR) is 46.5 cm³/mol. The van der Waals surface area contributed by atoms with Crippen LogP contribution >= 0.6 is 0 Å². The summed E-state index contributed by atoms with van der Waals surface area (Å²) in [5, 5.41) is 2.32. The molecule has 4 heteroatoms. The SMILES string of the molecule is CCN=C=[S-](=O)OC=C(C)C. The first-order valence-corrected chi connectivity index (χ1v) is 4.38. The number of nitrogens with zero attached hydrogens (tertiary/aromatic N) is 1. The average molecular weight is 174 g/mol. The van der Waals surface area contributed by atoms with Crippen LogP contribution in [0, 0.1) is 0 Å². The van der Waals surface area contributed by atoms with Gasteiger partial charge in [-0.05, 0) is 37.0 Å². The highest BCUT2D eigenvalue weighted by Gasteiger charge is 1.69. The molecule has 0 radical (unpaired) electrons. The molecule has 0 aliphatic heterocycles. The van der Waals surface area contributed by atoms with Crippen molar-refractivity contribution in [3.8, 4) is 0 Å². The van der Waals surface area contributed by atoms with Crippen LogP contribution in [0.25, 0.3) is 0 Å². The van der Waals surface area contributed by atoms with Crippen molar-refractivity contribution < 1.29 is 8.39 Å². The van der Waals surface area contributed by atoms with Crippen LogP contribution in [0.3, 0.4) is 0 Å². The van der Waals surface area contributed by atoms with Gasteiger partial charge in [0.2, 0.25) is 0 Å². The van der Waals surface area contributed by atoms with Gasteiger partial charge in [0.05, 0.1) is 6.26 Å². The molecule has 0 heterocycles. The first-order valence-electron chi connectivity index (χ1n) is 3.31. The van der Waals surface area contributed by atoms with Gasteiger partial charge in [0.15, 0.2) is 0 Å². The molecule has 0 bridgehead atoms. The van der Waals surface area contributed by atoms with E-state index in [1.165, 1.54) is 6.26 Å². The predicted octanol–water partition coefficient (Wildman–Crippen LogP) is 1.73. The molecule has 0 N–H and O–H groups in total. The molecule has 64 valence electrons. The Bertz CT molecular complexity index is 241. The zero-order valence-electron chi connectivity index (χ0n) is 6.96. The van der Waals surface area contributed by atoms with E-state index in [2.05, 4.69) is 10.2 Å². The van der Waals surface area contributed by atoms with Crippen molar-refractivity contribution in [3.63, 3.8) is 0 Å². The lowest BCUT2D eigenvalue weighted by Crippen LogP contribution is -1.79. The van der Waals surface area contributed by atoms with Gasteiger partial charge in [0, 0.05) is 6.54 Å². The second-order valence-electron chi connectivity index (χ2n) is 2.09. The number of allylic oxidation sites excluding steroid dienone is 1. The Balaban J connectivity index is 4.09. The van der Waals surface area contributed by atoms with Crippen LogP contribution in [0.15, 0.2) is 16.8 Å². The van der Waals surface area contributed by atoms with Gasteiger partial charge in [-0.3, -0.25) is 4.99 Å². The summed E-state index contributed by atoms with van der Waals surface area (Å²) >= 11 is 0. The van der Waals surface area contributed by atoms with E-state index in [-0.39, 0.29) is 0 Å².